The van der Waals surface area contributed by atoms with Gasteiger partial charge in [0.1, 0.15) is 6.29 Å². The van der Waals surface area contributed by atoms with Crippen LogP contribution >= 0.6 is 0 Å². The van der Waals surface area contributed by atoms with E-state index >= 15 is 0 Å². The minimum Gasteiger partial charge on any atom is -0.303 e. The Morgan fingerprint density at radius 1 is 0.684 bits per heavy atom. The van der Waals surface area contributed by atoms with E-state index in [2.05, 4.69) is 36.4 Å². The molecule has 0 radical (unpaired) electrons. The number of hydrogen-bond acceptors (Lipinski definition) is 1. The van der Waals surface area contributed by atoms with Crippen molar-refractivity contribution in [2.24, 2.45) is 0 Å². The second kappa shape index (κ2) is 7.12. The third kappa shape index (κ3) is 4.40. The van der Waals surface area contributed by atoms with Crippen molar-refractivity contribution >= 4 is 24.5 Å². The lowest BCUT2D eigenvalue weighted by Gasteiger charge is -1.96. The fourth-order valence-electron chi connectivity index (χ4n) is 1.73. The molecule has 0 aliphatic rings. The molecule has 19 heavy (non-hydrogen) atoms. The van der Waals surface area contributed by atoms with E-state index < -0.39 is 0 Å². The largest absolute Gasteiger partial charge is 0.303 e. The van der Waals surface area contributed by atoms with Gasteiger partial charge in [-0.3, -0.25) is 0 Å². The van der Waals surface area contributed by atoms with Crippen molar-refractivity contribution in [3.63, 3.8) is 0 Å². The zero-order chi connectivity index (χ0) is 13.3. The minimum absolute atomic E-state index is 0.468. The summed E-state index contributed by atoms with van der Waals surface area (Å²) in [6, 6.07) is 18.5. The molecular weight excluding hydrogens is 232 g/mol. The van der Waals surface area contributed by atoms with E-state index in [-0.39, 0.29) is 0 Å². The van der Waals surface area contributed by atoms with Gasteiger partial charge in [-0.15, -0.1) is 0 Å². The highest BCUT2D eigenvalue weighted by Gasteiger charge is 1.89. The van der Waals surface area contributed by atoms with Crippen LogP contribution in [0, 0.1) is 0 Å². The molecule has 0 saturated carbocycles. The summed E-state index contributed by atoms with van der Waals surface area (Å²) < 4.78 is 0. The van der Waals surface area contributed by atoms with Crippen LogP contribution in [0.1, 0.15) is 23.1 Å². The van der Waals surface area contributed by atoms with Crippen LogP contribution in [0.4, 0.5) is 0 Å². The van der Waals surface area contributed by atoms with Crippen molar-refractivity contribution in [1.29, 1.82) is 0 Å². The molecule has 0 fully saturated rings. The Hall–Kier alpha value is -2.41. The van der Waals surface area contributed by atoms with Crippen molar-refractivity contribution in [2.45, 2.75) is 6.42 Å². The van der Waals surface area contributed by atoms with Crippen molar-refractivity contribution < 1.29 is 4.79 Å². The molecule has 94 valence electrons. The molecule has 0 bridgehead atoms. The van der Waals surface area contributed by atoms with E-state index in [1.54, 1.807) is 0 Å². The Labute approximate surface area is 113 Å². The third-order valence-corrected chi connectivity index (χ3v) is 2.75. The van der Waals surface area contributed by atoms with Crippen molar-refractivity contribution in [3.8, 4) is 0 Å². The number of hydrogen-bond donors (Lipinski definition) is 0. The highest BCUT2D eigenvalue weighted by molar-refractivity contribution is 5.70. The van der Waals surface area contributed by atoms with Crippen molar-refractivity contribution in [2.75, 3.05) is 0 Å². The number of benzene rings is 2. The molecule has 0 saturated heterocycles. The van der Waals surface area contributed by atoms with Gasteiger partial charge in [0, 0.05) is 6.42 Å². The number of allylic oxidation sites excluding steroid dienone is 1. The van der Waals surface area contributed by atoms with Crippen LogP contribution < -0.4 is 0 Å². The van der Waals surface area contributed by atoms with Crippen LogP contribution in [0.25, 0.3) is 18.2 Å². The Bertz CT molecular complexity index is 562. The first-order chi connectivity index (χ1) is 9.38. The van der Waals surface area contributed by atoms with Crippen molar-refractivity contribution in [3.05, 3.63) is 77.4 Å². The summed E-state index contributed by atoms with van der Waals surface area (Å²) in [7, 11) is 0. The van der Waals surface area contributed by atoms with E-state index in [1.807, 2.05) is 42.5 Å². The van der Waals surface area contributed by atoms with Gasteiger partial charge in [0.05, 0.1) is 0 Å². The molecule has 2 aromatic rings. The molecule has 0 aliphatic carbocycles. The minimum atomic E-state index is 0.468. The number of rotatable bonds is 5. The summed E-state index contributed by atoms with van der Waals surface area (Å²) >= 11 is 0. The molecule has 0 atom stereocenters. The van der Waals surface area contributed by atoms with Crippen LogP contribution in [0.5, 0.6) is 0 Å². The van der Waals surface area contributed by atoms with Gasteiger partial charge in [-0.05, 0) is 16.7 Å². The fourth-order valence-corrected chi connectivity index (χ4v) is 1.73. The average Bonchev–Trinajstić information content (AvgIpc) is 2.48. The van der Waals surface area contributed by atoms with Gasteiger partial charge in [-0.25, -0.2) is 0 Å². The average molecular weight is 248 g/mol. The van der Waals surface area contributed by atoms with Gasteiger partial charge in [-0.2, -0.15) is 0 Å². The molecule has 0 aromatic heterocycles. The van der Waals surface area contributed by atoms with Crippen LogP contribution in [0.3, 0.4) is 0 Å². The van der Waals surface area contributed by atoms with Gasteiger partial charge >= 0.3 is 0 Å². The summed E-state index contributed by atoms with van der Waals surface area (Å²) in [6.45, 7) is 0. The van der Waals surface area contributed by atoms with Crippen LogP contribution in [0.2, 0.25) is 0 Å². The van der Waals surface area contributed by atoms with Gasteiger partial charge < -0.3 is 4.79 Å². The van der Waals surface area contributed by atoms with E-state index in [1.165, 1.54) is 5.56 Å². The van der Waals surface area contributed by atoms with Gasteiger partial charge in [0.15, 0.2) is 0 Å². The predicted molar refractivity (Wildman–Crippen MR) is 81.5 cm³/mol. The molecule has 0 heterocycles. The highest BCUT2D eigenvalue weighted by Crippen LogP contribution is 2.10. The Kier molecular flexibility index (Phi) is 4.88. The SMILES string of the molecule is O=CC/C=C/c1ccc(C=Cc2ccccc2)cc1. The maximum atomic E-state index is 10.2. The first-order valence-electron chi connectivity index (χ1n) is 6.32. The van der Waals surface area contributed by atoms with Gasteiger partial charge in [0.25, 0.3) is 0 Å². The lowest BCUT2D eigenvalue weighted by molar-refractivity contribution is -0.107. The standard InChI is InChI=1S/C18H16O/c19-15-5-4-8-17-10-13-18(14-11-17)12-9-16-6-2-1-3-7-16/h1-4,6-15H,5H2/b8-4+,12-9?. The quantitative estimate of drug-likeness (QED) is 0.564. The normalized spacial score (nSPS) is 11.2. The monoisotopic (exact) mass is 248 g/mol. The second-order valence-electron chi connectivity index (χ2n) is 4.22. The molecule has 0 spiro atoms. The highest BCUT2D eigenvalue weighted by atomic mass is 16.1. The topological polar surface area (TPSA) is 17.1 Å². The zero-order valence-electron chi connectivity index (χ0n) is 10.7. The van der Waals surface area contributed by atoms with E-state index in [0.717, 1.165) is 17.4 Å². The predicted octanol–water partition coefficient (Wildman–Crippen LogP) is 4.46. The smallest absolute Gasteiger partial charge is 0.123 e. The van der Waals surface area contributed by atoms with Crippen LogP contribution in [-0.4, -0.2) is 6.29 Å². The first kappa shape index (κ1) is 13.0. The summed E-state index contributed by atoms with van der Waals surface area (Å²) in [5.41, 5.74) is 3.47. The summed E-state index contributed by atoms with van der Waals surface area (Å²) in [5.74, 6) is 0. The van der Waals surface area contributed by atoms with E-state index in [9.17, 15) is 4.79 Å². The van der Waals surface area contributed by atoms with E-state index in [4.69, 9.17) is 0 Å². The lowest BCUT2D eigenvalue weighted by Crippen LogP contribution is -1.75. The maximum absolute atomic E-state index is 10.2. The van der Waals surface area contributed by atoms with Gasteiger partial charge in [-0.1, -0.05) is 78.9 Å². The molecule has 1 heteroatoms. The number of carbonyl (C=O) groups is 1. The first-order valence-corrected chi connectivity index (χ1v) is 6.32. The molecule has 0 N–H and O–H groups in total. The van der Waals surface area contributed by atoms with Gasteiger partial charge in [0.2, 0.25) is 0 Å². The summed E-state index contributed by atoms with van der Waals surface area (Å²) in [6.07, 6.45) is 9.37. The summed E-state index contributed by atoms with van der Waals surface area (Å²) in [4.78, 5) is 10.2. The number of carbonyl (C=O) groups excluding carboxylic acids is 1. The molecule has 0 amide bonds. The second-order valence-corrected chi connectivity index (χ2v) is 4.22. The molecular formula is C18H16O. The number of aldehydes is 1. The zero-order valence-corrected chi connectivity index (χ0v) is 10.7. The molecule has 1 nitrogen and oxygen atoms in total. The Balaban J connectivity index is 2.02. The van der Waals surface area contributed by atoms with E-state index in [0.29, 0.717) is 6.42 Å². The third-order valence-electron chi connectivity index (χ3n) is 2.75. The Morgan fingerprint density at radius 3 is 1.79 bits per heavy atom. The molecule has 0 aliphatic heterocycles. The molecule has 2 rings (SSSR count). The molecule has 2 aromatic carbocycles. The van der Waals surface area contributed by atoms with Crippen LogP contribution in [-0.2, 0) is 4.79 Å². The summed E-state index contributed by atoms with van der Waals surface area (Å²) in [5, 5.41) is 0. The molecule has 0 unspecified atom stereocenters. The van der Waals surface area contributed by atoms with Crippen LogP contribution in [0.15, 0.2) is 60.7 Å². The van der Waals surface area contributed by atoms with Crippen molar-refractivity contribution in [1.82, 2.24) is 0 Å². The lowest BCUT2D eigenvalue weighted by atomic mass is 10.1. The Morgan fingerprint density at radius 2 is 1.21 bits per heavy atom. The fraction of sp³-hybridized carbons (Fsp3) is 0.0556. The maximum Gasteiger partial charge on any atom is 0.123 e.